The molecule has 1 heterocycles. The summed E-state index contributed by atoms with van der Waals surface area (Å²) in [4.78, 5) is 12.1. The van der Waals surface area contributed by atoms with E-state index in [1.165, 1.54) is 24.3 Å². The molecule has 0 spiro atoms. The molecule has 21 heavy (non-hydrogen) atoms. The van der Waals surface area contributed by atoms with Gasteiger partial charge in [0.25, 0.3) is 5.91 Å². The van der Waals surface area contributed by atoms with Gasteiger partial charge in [-0.25, -0.2) is 0 Å². The molecule has 1 aromatic carbocycles. The van der Waals surface area contributed by atoms with E-state index in [1.807, 2.05) is 6.92 Å². The minimum Gasteiger partial charge on any atom is -0.435 e. The van der Waals surface area contributed by atoms with Crippen LogP contribution >= 0.6 is 0 Å². The van der Waals surface area contributed by atoms with Gasteiger partial charge in [-0.15, -0.1) is 0 Å². The quantitative estimate of drug-likeness (QED) is 0.898. The summed E-state index contributed by atoms with van der Waals surface area (Å²) >= 11 is 0. The van der Waals surface area contributed by atoms with Crippen molar-refractivity contribution in [3.8, 4) is 5.75 Å². The Kier molecular flexibility index (Phi) is 5.12. The highest BCUT2D eigenvalue weighted by atomic mass is 19.3. The van der Waals surface area contributed by atoms with Crippen LogP contribution in [0.2, 0.25) is 0 Å². The average molecular weight is 298 g/mol. The van der Waals surface area contributed by atoms with Crippen LogP contribution in [0.1, 0.15) is 37.0 Å². The predicted octanol–water partition coefficient (Wildman–Crippen LogP) is 2.55. The summed E-state index contributed by atoms with van der Waals surface area (Å²) in [5.41, 5.74) is 0.433. The molecule has 2 N–H and O–H groups in total. The second kappa shape index (κ2) is 6.85. The number of halogens is 2. The molecule has 116 valence electrons. The molecule has 0 aliphatic carbocycles. The molecule has 3 unspecified atom stereocenters. The number of hydrogen-bond acceptors (Lipinski definition) is 3. The number of nitrogens with one attached hydrogen (secondary N) is 2. The molecule has 1 fully saturated rings. The summed E-state index contributed by atoms with van der Waals surface area (Å²) in [6, 6.07) is 6.44. The average Bonchev–Trinajstić information content (AvgIpc) is 2.42. The minimum absolute atomic E-state index is 0.0445. The topological polar surface area (TPSA) is 50.4 Å². The summed E-state index contributed by atoms with van der Waals surface area (Å²) in [6.45, 7) is 1.30. The van der Waals surface area contributed by atoms with Crippen molar-refractivity contribution in [3.63, 3.8) is 0 Å². The van der Waals surface area contributed by atoms with Gasteiger partial charge < -0.3 is 15.4 Å². The lowest BCUT2D eigenvalue weighted by atomic mass is 9.95. The summed E-state index contributed by atoms with van der Waals surface area (Å²) in [5.74, 6) is -0.158. The number of carbonyl (C=O) groups is 1. The first-order valence-corrected chi connectivity index (χ1v) is 7.07. The molecule has 1 amide bonds. The number of carbonyl (C=O) groups excluding carboxylic acids is 1. The minimum atomic E-state index is -2.86. The zero-order valence-corrected chi connectivity index (χ0v) is 12.1. The van der Waals surface area contributed by atoms with Crippen molar-refractivity contribution >= 4 is 5.91 Å². The maximum absolute atomic E-state index is 12.1. The van der Waals surface area contributed by atoms with E-state index in [1.54, 1.807) is 0 Å². The summed E-state index contributed by atoms with van der Waals surface area (Å²) in [7, 11) is 0. The van der Waals surface area contributed by atoms with E-state index in [0.717, 1.165) is 12.8 Å². The monoisotopic (exact) mass is 298 g/mol. The number of rotatable bonds is 4. The maximum Gasteiger partial charge on any atom is 0.387 e. The molecule has 2 rings (SSSR count). The third-order valence-corrected chi connectivity index (χ3v) is 3.72. The van der Waals surface area contributed by atoms with Crippen molar-refractivity contribution in [2.75, 3.05) is 0 Å². The van der Waals surface area contributed by atoms with E-state index < -0.39 is 6.61 Å². The van der Waals surface area contributed by atoms with Gasteiger partial charge in [-0.1, -0.05) is 0 Å². The molecule has 0 saturated carbocycles. The fourth-order valence-electron chi connectivity index (χ4n) is 2.56. The van der Waals surface area contributed by atoms with Crippen LogP contribution in [-0.2, 0) is 0 Å². The van der Waals surface area contributed by atoms with Crippen LogP contribution in [-0.4, -0.2) is 30.6 Å². The van der Waals surface area contributed by atoms with Gasteiger partial charge in [-0.3, -0.25) is 4.79 Å². The molecule has 3 atom stereocenters. The smallest absolute Gasteiger partial charge is 0.387 e. The fraction of sp³-hybridized carbons (Fsp3) is 0.533. The lowest BCUT2D eigenvalue weighted by Crippen LogP contribution is -2.54. The van der Waals surface area contributed by atoms with Crippen molar-refractivity contribution in [2.45, 2.75) is 51.4 Å². The summed E-state index contributed by atoms with van der Waals surface area (Å²) < 4.78 is 28.4. The van der Waals surface area contributed by atoms with Crippen LogP contribution in [0.15, 0.2) is 24.3 Å². The normalized spacial score (nSPS) is 25.7. The van der Waals surface area contributed by atoms with Crippen molar-refractivity contribution in [3.05, 3.63) is 29.8 Å². The Hall–Kier alpha value is -1.69. The Labute approximate surface area is 122 Å². The first-order valence-electron chi connectivity index (χ1n) is 7.07. The Morgan fingerprint density at radius 3 is 2.52 bits per heavy atom. The van der Waals surface area contributed by atoms with Gasteiger partial charge in [-0.2, -0.15) is 8.78 Å². The second-order valence-electron chi connectivity index (χ2n) is 5.42. The van der Waals surface area contributed by atoms with Crippen LogP contribution < -0.4 is 15.4 Å². The van der Waals surface area contributed by atoms with Crippen LogP contribution in [0.5, 0.6) is 5.75 Å². The highest BCUT2D eigenvalue weighted by Crippen LogP contribution is 2.17. The Balaban J connectivity index is 1.94. The highest BCUT2D eigenvalue weighted by Gasteiger charge is 2.26. The largest absolute Gasteiger partial charge is 0.435 e. The van der Waals surface area contributed by atoms with E-state index >= 15 is 0 Å². The van der Waals surface area contributed by atoms with E-state index in [-0.39, 0.29) is 23.7 Å². The molecule has 0 aromatic heterocycles. The molecule has 1 aliphatic rings. The van der Waals surface area contributed by atoms with E-state index in [2.05, 4.69) is 22.3 Å². The van der Waals surface area contributed by atoms with Crippen molar-refractivity contribution in [2.24, 2.45) is 0 Å². The first-order chi connectivity index (χ1) is 9.95. The van der Waals surface area contributed by atoms with Gasteiger partial charge in [0.15, 0.2) is 0 Å². The zero-order chi connectivity index (χ0) is 15.4. The van der Waals surface area contributed by atoms with Gasteiger partial charge >= 0.3 is 6.61 Å². The molecule has 1 saturated heterocycles. The van der Waals surface area contributed by atoms with Crippen molar-refractivity contribution in [1.82, 2.24) is 10.6 Å². The van der Waals surface area contributed by atoms with Gasteiger partial charge in [0.2, 0.25) is 0 Å². The SMILES string of the molecule is CC1CCC(NC(=O)c2ccc(OC(F)F)cc2)C(C)N1. The van der Waals surface area contributed by atoms with Crippen molar-refractivity contribution in [1.29, 1.82) is 0 Å². The number of piperidine rings is 1. The van der Waals surface area contributed by atoms with E-state index in [9.17, 15) is 13.6 Å². The van der Waals surface area contributed by atoms with E-state index in [0.29, 0.717) is 11.6 Å². The van der Waals surface area contributed by atoms with E-state index in [4.69, 9.17) is 0 Å². The molecule has 6 heteroatoms. The Morgan fingerprint density at radius 2 is 1.95 bits per heavy atom. The molecule has 0 bridgehead atoms. The Morgan fingerprint density at radius 1 is 1.29 bits per heavy atom. The summed E-state index contributed by atoms with van der Waals surface area (Å²) in [6.07, 6.45) is 1.93. The molecular formula is C15H20F2N2O2. The van der Waals surface area contributed by atoms with Crippen LogP contribution in [0, 0.1) is 0 Å². The third-order valence-electron chi connectivity index (χ3n) is 3.72. The second-order valence-corrected chi connectivity index (χ2v) is 5.42. The van der Waals surface area contributed by atoms with Crippen LogP contribution in [0.4, 0.5) is 8.78 Å². The van der Waals surface area contributed by atoms with Gasteiger partial charge in [0, 0.05) is 23.7 Å². The molecule has 0 radical (unpaired) electrons. The lowest BCUT2D eigenvalue weighted by molar-refractivity contribution is -0.0498. The molecule has 4 nitrogen and oxygen atoms in total. The lowest BCUT2D eigenvalue weighted by Gasteiger charge is -2.34. The van der Waals surface area contributed by atoms with Gasteiger partial charge in [-0.05, 0) is 51.0 Å². The maximum atomic E-state index is 12.1. The molecular weight excluding hydrogens is 278 g/mol. The highest BCUT2D eigenvalue weighted by molar-refractivity contribution is 5.94. The molecule has 1 aromatic rings. The number of amides is 1. The number of hydrogen-bond donors (Lipinski definition) is 2. The number of alkyl halides is 2. The van der Waals surface area contributed by atoms with Crippen molar-refractivity contribution < 1.29 is 18.3 Å². The zero-order valence-electron chi connectivity index (χ0n) is 12.1. The molecule has 1 aliphatic heterocycles. The summed E-state index contributed by atoms with van der Waals surface area (Å²) in [5, 5.41) is 6.37. The predicted molar refractivity (Wildman–Crippen MR) is 75.6 cm³/mol. The fourth-order valence-corrected chi connectivity index (χ4v) is 2.56. The standard InChI is InChI=1S/C15H20F2N2O2/c1-9-3-8-13(10(2)18-9)19-14(20)11-4-6-12(7-5-11)21-15(16)17/h4-7,9-10,13,15,18H,3,8H2,1-2H3,(H,19,20). The first kappa shape index (κ1) is 15.7. The van der Waals surface area contributed by atoms with Crippen LogP contribution in [0.3, 0.4) is 0 Å². The van der Waals surface area contributed by atoms with Gasteiger partial charge in [0.05, 0.1) is 0 Å². The van der Waals surface area contributed by atoms with Crippen LogP contribution in [0.25, 0.3) is 0 Å². The third kappa shape index (κ3) is 4.39. The Bertz CT molecular complexity index is 479. The number of benzene rings is 1. The number of ether oxygens (including phenoxy) is 1. The van der Waals surface area contributed by atoms with Gasteiger partial charge in [0.1, 0.15) is 5.75 Å².